The number of fused-ring (bicyclic) bond motifs is 2. The summed E-state index contributed by atoms with van der Waals surface area (Å²) >= 11 is 0. The van der Waals surface area contributed by atoms with Crippen molar-refractivity contribution in [1.82, 2.24) is 29.3 Å². The zero-order valence-electron chi connectivity index (χ0n) is 25.3. The zero-order valence-corrected chi connectivity index (χ0v) is 25.3. The summed E-state index contributed by atoms with van der Waals surface area (Å²) in [4.78, 5) is 31.4. The van der Waals surface area contributed by atoms with Gasteiger partial charge in [0, 0.05) is 61.0 Å². The molecule has 2 aliphatic rings. The van der Waals surface area contributed by atoms with Gasteiger partial charge in [0.1, 0.15) is 12.0 Å². The molecule has 0 unspecified atom stereocenters. The summed E-state index contributed by atoms with van der Waals surface area (Å²) in [7, 11) is 2.19. The van der Waals surface area contributed by atoms with Crippen molar-refractivity contribution >= 4 is 21.8 Å². The molecule has 0 radical (unpaired) electrons. The number of benzene rings is 3. The average Bonchev–Trinajstić information content (AvgIpc) is 3.81. The van der Waals surface area contributed by atoms with Crippen molar-refractivity contribution in [3.8, 4) is 28.2 Å². The van der Waals surface area contributed by atoms with Crippen molar-refractivity contribution in [1.29, 1.82) is 0 Å². The second kappa shape index (κ2) is 10.8. The van der Waals surface area contributed by atoms with Gasteiger partial charge >= 0.3 is 0 Å². The third-order valence-electron chi connectivity index (χ3n) is 9.49. The summed E-state index contributed by atoms with van der Waals surface area (Å²) in [6.07, 6.45) is 6.02. The summed E-state index contributed by atoms with van der Waals surface area (Å²) in [5.41, 5.74) is 9.29. The molecule has 44 heavy (non-hydrogen) atoms. The zero-order chi connectivity index (χ0) is 29.8. The fourth-order valence-electron chi connectivity index (χ4n) is 6.63. The largest absolute Gasteiger partial charge is 0.339 e. The number of hydrogen-bond donors (Lipinski definition) is 1. The minimum Gasteiger partial charge on any atom is -0.339 e. The first kappa shape index (κ1) is 27.0. The lowest BCUT2D eigenvalue weighted by molar-refractivity contribution is 0.148. The van der Waals surface area contributed by atoms with Crippen LogP contribution in [0.25, 0.3) is 50.0 Å². The molecule has 1 aliphatic carbocycles. The molecule has 6 aromatic rings. The quantitative estimate of drug-likeness (QED) is 0.243. The highest BCUT2D eigenvalue weighted by atomic mass is 16.1. The maximum absolute atomic E-state index is 13.7. The number of aromatic nitrogens is 4. The number of piperazine rings is 1. The highest BCUT2D eigenvalue weighted by Gasteiger charge is 2.24. The predicted octanol–water partition coefficient (Wildman–Crippen LogP) is 6.53. The Labute approximate surface area is 256 Å². The van der Waals surface area contributed by atoms with Gasteiger partial charge in [0.2, 0.25) is 0 Å². The Bertz CT molecular complexity index is 2060. The van der Waals surface area contributed by atoms with E-state index < -0.39 is 0 Å². The van der Waals surface area contributed by atoms with Crippen molar-refractivity contribution in [3.05, 3.63) is 112 Å². The van der Waals surface area contributed by atoms with Gasteiger partial charge in [0.25, 0.3) is 5.56 Å². The smallest absolute Gasteiger partial charge is 0.262 e. The van der Waals surface area contributed by atoms with Crippen LogP contribution in [0, 0.1) is 6.92 Å². The molecule has 0 atom stereocenters. The first-order valence-corrected chi connectivity index (χ1v) is 15.6. The van der Waals surface area contributed by atoms with Gasteiger partial charge in [-0.3, -0.25) is 14.3 Å². The van der Waals surface area contributed by atoms with Crippen LogP contribution in [0.3, 0.4) is 0 Å². The van der Waals surface area contributed by atoms with E-state index in [0.717, 1.165) is 88.3 Å². The number of nitrogens with one attached hydrogen (secondary N) is 1. The second-order valence-electron chi connectivity index (χ2n) is 12.5. The number of pyridine rings is 1. The summed E-state index contributed by atoms with van der Waals surface area (Å²) < 4.78 is 1.77. The standard InChI is InChI=1S/C37H36N6O/c1-24-30(4-3-5-34(24)43-15-14-29-20-28(26-10-11-26)12-13-31(29)37(43)44)35-32-21-33(40-36(32)39-23-38-35)27-8-6-25(7-9-27)22-42-18-16-41(2)17-19-42/h3-9,12-15,20-21,23,26H,10-11,16-19,22H2,1-2H3,(H,38,39,40). The number of rotatable bonds is 6. The summed E-state index contributed by atoms with van der Waals surface area (Å²) in [5, 5.41) is 2.72. The van der Waals surface area contributed by atoms with E-state index in [4.69, 9.17) is 4.98 Å². The molecule has 3 aromatic carbocycles. The minimum atomic E-state index is -0.00191. The Balaban J connectivity index is 1.11. The van der Waals surface area contributed by atoms with E-state index in [1.807, 2.05) is 24.4 Å². The molecule has 7 nitrogen and oxygen atoms in total. The van der Waals surface area contributed by atoms with Crippen LogP contribution in [0.2, 0.25) is 0 Å². The van der Waals surface area contributed by atoms with Crippen LogP contribution in [0.4, 0.5) is 0 Å². The number of likely N-dealkylation sites (N-methyl/N-ethyl adjacent to an activating group) is 1. The van der Waals surface area contributed by atoms with E-state index in [2.05, 4.69) is 88.3 Å². The van der Waals surface area contributed by atoms with Crippen LogP contribution in [-0.4, -0.2) is 62.5 Å². The van der Waals surface area contributed by atoms with Crippen molar-refractivity contribution in [2.75, 3.05) is 33.2 Å². The summed E-state index contributed by atoms with van der Waals surface area (Å²) in [6, 6.07) is 25.4. The van der Waals surface area contributed by atoms with Crippen molar-refractivity contribution in [3.63, 3.8) is 0 Å². The molecule has 1 saturated carbocycles. The fourth-order valence-corrected chi connectivity index (χ4v) is 6.63. The minimum absolute atomic E-state index is 0.00191. The van der Waals surface area contributed by atoms with E-state index in [-0.39, 0.29) is 5.56 Å². The second-order valence-corrected chi connectivity index (χ2v) is 12.5. The molecule has 1 saturated heterocycles. The van der Waals surface area contributed by atoms with Gasteiger partial charge in [-0.15, -0.1) is 0 Å². The number of nitrogens with zero attached hydrogens (tertiary/aromatic N) is 5. The fraction of sp³-hybridized carbons (Fsp3) is 0.270. The number of aromatic amines is 1. The van der Waals surface area contributed by atoms with Crippen molar-refractivity contribution < 1.29 is 0 Å². The number of H-pyrrole nitrogens is 1. The molecule has 8 rings (SSSR count). The van der Waals surface area contributed by atoms with Gasteiger partial charge in [0.05, 0.1) is 11.4 Å². The van der Waals surface area contributed by atoms with Crippen LogP contribution in [0.5, 0.6) is 0 Å². The lowest BCUT2D eigenvalue weighted by Crippen LogP contribution is -2.43. The van der Waals surface area contributed by atoms with Gasteiger partial charge in [-0.1, -0.05) is 48.5 Å². The third-order valence-corrected chi connectivity index (χ3v) is 9.49. The van der Waals surface area contributed by atoms with Crippen LogP contribution < -0.4 is 5.56 Å². The normalized spacial score (nSPS) is 16.2. The molecule has 0 amide bonds. The first-order chi connectivity index (χ1) is 21.5. The van der Waals surface area contributed by atoms with Gasteiger partial charge in [0.15, 0.2) is 0 Å². The maximum atomic E-state index is 13.7. The molecule has 220 valence electrons. The van der Waals surface area contributed by atoms with Crippen molar-refractivity contribution in [2.45, 2.75) is 32.2 Å². The molecular weight excluding hydrogens is 544 g/mol. The van der Waals surface area contributed by atoms with Gasteiger partial charge in [-0.05, 0) is 84.6 Å². The lowest BCUT2D eigenvalue weighted by Gasteiger charge is -2.32. The Hall–Kier alpha value is -4.59. The van der Waals surface area contributed by atoms with Gasteiger partial charge in [-0.25, -0.2) is 9.97 Å². The molecule has 0 bridgehead atoms. The van der Waals surface area contributed by atoms with E-state index in [0.29, 0.717) is 5.92 Å². The van der Waals surface area contributed by atoms with Gasteiger partial charge < -0.3 is 9.88 Å². The highest BCUT2D eigenvalue weighted by molar-refractivity contribution is 5.95. The van der Waals surface area contributed by atoms with Crippen LogP contribution >= 0.6 is 0 Å². The summed E-state index contributed by atoms with van der Waals surface area (Å²) in [5.74, 6) is 0.658. The van der Waals surface area contributed by atoms with E-state index in [1.54, 1.807) is 10.9 Å². The average molecular weight is 581 g/mol. The molecule has 1 N–H and O–H groups in total. The Morgan fingerprint density at radius 2 is 1.70 bits per heavy atom. The SMILES string of the molecule is Cc1c(-c2ncnc3[nH]c(-c4ccc(CN5CCN(C)CC5)cc4)cc23)cccc1-n1ccc2cc(C3CC3)ccc2c1=O. The van der Waals surface area contributed by atoms with Crippen LogP contribution in [-0.2, 0) is 6.54 Å². The van der Waals surface area contributed by atoms with Gasteiger partial charge in [-0.2, -0.15) is 0 Å². The molecule has 0 spiro atoms. The molecular formula is C37H36N6O. The Morgan fingerprint density at radius 3 is 2.50 bits per heavy atom. The number of hydrogen-bond acceptors (Lipinski definition) is 5. The lowest BCUT2D eigenvalue weighted by atomic mass is 10.0. The molecule has 1 aliphatic heterocycles. The predicted molar refractivity (Wildman–Crippen MR) is 177 cm³/mol. The Morgan fingerprint density at radius 1 is 0.886 bits per heavy atom. The molecule has 3 aromatic heterocycles. The van der Waals surface area contributed by atoms with E-state index in [9.17, 15) is 4.79 Å². The topological polar surface area (TPSA) is 70.1 Å². The molecule has 4 heterocycles. The van der Waals surface area contributed by atoms with Crippen LogP contribution in [0.15, 0.2) is 90.1 Å². The monoisotopic (exact) mass is 580 g/mol. The molecule has 2 fully saturated rings. The first-order valence-electron chi connectivity index (χ1n) is 15.6. The Kier molecular flexibility index (Phi) is 6.65. The van der Waals surface area contributed by atoms with Crippen LogP contribution in [0.1, 0.15) is 35.4 Å². The van der Waals surface area contributed by atoms with Crippen molar-refractivity contribution in [2.24, 2.45) is 0 Å². The molecule has 7 heteroatoms. The van der Waals surface area contributed by atoms with E-state index in [1.165, 1.54) is 24.0 Å². The highest BCUT2D eigenvalue weighted by Crippen LogP contribution is 2.40. The summed E-state index contributed by atoms with van der Waals surface area (Å²) in [6.45, 7) is 7.52. The van der Waals surface area contributed by atoms with E-state index >= 15 is 0 Å². The maximum Gasteiger partial charge on any atom is 0.262 e. The third kappa shape index (κ3) is 4.92.